The Morgan fingerprint density at radius 3 is 2.67 bits per heavy atom. The molecular weight excluding hydrogens is 339 g/mol. The van der Waals surface area contributed by atoms with Gasteiger partial charge in [0.15, 0.2) is 0 Å². The fourth-order valence-corrected chi connectivity index (χ4v) is 4.88. The molecule has 4 heteroatoms. The van der Waals surface area contributed by atoms with Crippen molar-refractivity contribution >= 4 is 17.3 Å². The van der Waals surface area contributed by atoms with Gasteiger partial charge < -0.3 is 4.90 Å². The Balaban J connectivity index is 1.43. The van der Waals surface area contributed by atoms with E-state index in [-0.39, 0.29) is 23.9 Å². The van der Waals surface area contributed by atoms with Crippen LogP contribution in [0.4, 0.5) is 14.9 Å². The van der Waals surface area contributed by atoms with Crippen molar-refractivity contribution in [2.45, 2.75) is 44.2 Å². The Morgan fingerprint density at radius 1 is 1.04 bits per heavy atom. The van der Waals surface area contributed by atoms with Crippen LogP contribution in [0.25, 0.3) is 5.57 Å². The summed E-state index contributed by atoms with van der Waals surface area (Å²) in [6.07, 6.45) is 7.18. The summed E-state index contributed by atoms with van der Waals surface area (Å²) in [5.74, 6) is -0.210. The molecule has 0 N–H and O–H groups in total. The van der Waals surface area contributed by atoms with Crippen molar-refractivity contribution in [2.75, 3.05) is 11.4 Å². The summed E-state index contributed by atoms with van der Waals surface area (Å²) in [4.78, 5) is 17.5. The summed E-state index contributed by atoms with van der Waals surface area (Å²) in [5.41, 5.74) is 4.65. The third-order valence-corrected chi connectivity index (χ3v) is 6.17. The zero-order chi connectivity index (χ0) is 18.4. The first-order valence-corrected chi connectivity index (χ1v) is 9.85. The first-order chi connectivity index (χ1) is 13.2. The molecule has 2 atom stereocenters. The van der Waals surface area contributed by atoms with E-state index in [9.17, 15) is 9.18 Å². The second-order valence-electron chi connectivity index (χ2n) is 7.78. The van der Waals surface area contributed by atoms with Crippen LogP contribution >= 0.6 is 0 Å². The predicted octanol–water partition coefficient (Wildman–Crippen LogP) is 5.02. The van der Waals surface area contributed by atoms with Crippen LogP contribution in [0, 0.1) is 5.82 Å². The lowest BCUT2D eigenvalue weighted by Crippen LogP contribution is -2.51. The molecule has 2 bridgehead atoms. The summed E-state index contributed by atoms with van der Waals surface area (Å²) in [7, 11) is 0. The van der Waals surface area contributed by atoms with Crippen LogP contribution in [0.3, 0.4) is 0 Å². The monoisotopic (exact) mass is 362 g/mol. The summed E-state index contributed by atoms with van der Waals surface area (Å²) < 4.78 is 13.2. The van der Waals surface area contributed by atoms with Gasteiger partial charge in [0.25, 0.3) is 0 Å². The number of urea groups is 1. The van der Waals surface area contributed by atoms with E-state index in [0.29, 0.717) is 0 Å². The number of anilines is 1. The van der Waals surface area contributed by atoms with Crippen molar-refractivity contribution < 1.29 is 9.18 Å². The summed E-state index contributed by atoms with van der Waals surface area (Å²) >= 11 is 0. The number of halogens is 1. The number of carbonyl (C=O) groups excluding carboxylic acids is 1. The average Bonchev–Trinajstić information content (AvgIpc) is 2.97. The lowest BCUT2D eigenvalue weighted by Gasteiger charge is -2.39. The molecule has 1 saturated heterocycles. The van der Waals surface area contributed by atoms with Gasteiger partial charge in [-0.2, -0.15) is 0 Å². The van der Waals surface area contributed by atoms with E-state index >= 15 is 0 Å². The number of hydrogen-bond acceptors (Lipinski definition) is 1. The molecule has 27 heavy (non-hydrogen) atoms. The number of nitrogens with zero attached hydrogens (tertiary/aromatic N) is 2. The van der Waals surface area contributed by atoms with Crippen molar-refractivity contribution in [3.63, 3.8) is 0 Å². The first kappa shape index (κ1) is 16.5. The Bertz CT molecular complexity index is 905. The molecule has 3 aliphatic heterocycles. The van der Waals surface area contributed by atoms with Crippen LogP contribution in [0.5, 0.6) is 0 Å². The van der Waals surface area contributed by atoms with E-state index in [2.05, 4.69) is 29.2 Å². The molecule has 0 saturated carbocycles. The lowest BCUT2D eigenvalue weighted by atomic mass is 9.94. The van der Waals surface area contributed by atoms with Gasteiger partial charge in [-0.15, -0.1) is 0 Å². The van der Waals surface area contributed by atoms with Crippen molar-refractivity contribution in [3.05, 3.63) is 71.6 Å². The summed E-state index contributed by atoms with van der Waals surface area (Å²) in [6, 6.07) is 15.5. The van der Waals surface area contributed by atoms with Gasteiger partial charge in [-0.1, -0.05) is 36.4 Å². The highest BCUT2D eigenvalue weighted by molar-refractivity contribution is 5.94. The van der Waals surface area contributed by atoms with E-state index in [1.54, 1.807) is 0 Å². The van der Waals surface area contributed by atoms with Crippen LogP contribution < -0.4 is 4.90 Å². The minimum atomic E-state index is -0.210. The molecular formula is C23H23FN2O. The Hall–Kier alpha value is -2.62. The molecule has 2 aromatic rings. The minimum Gasteiger partial charge on any atom is -0.315 e. The maximum atomic E-state index is 13.4. The number of carbonyl (C=O) groups is 1. The minimum absolute atomic E-state index is 0.143. The van der Waals surface area contributed by atoms with E-state index in [1.165, 1.54) is 23.3 Å². The second-order valence-corrected chi connectivity index (χ2v) is 7.78. The molecule has 0 aliphatic carbocycles. The van der Waals surface area contributed by atoms with Crippen molar-refractivity contribution in [1.29, 1.82) is 0 Å². The normalized spacial score (nSPS) is 23.8. The molecule has 2 unspecified atom stereocenters. The Labute approximate surface area is 159 Å². The van der Waals surface area contributed by atoms with E-state index in [4.69, 9.17) is 0 Å². The second kappa shape index (κ2) is 6.52. The van der Waals surface area contributed by atoms with Gasteiger partial charge in [0, 0.05) is 18.3 Å². The van der Waals surface area contributed by atoms with Crippen LogP contribution in [-0.4, -0.2) is 29.6 Å². The van der Waals surface area contributed by atoms with Crippen molar-refractivity contribution in [1.82, 2.24) is 4.90 Å². The molecule has 138 valence electrons. The first-order valence-electron chi connectivity index (χ1n) is 9.85. The quantitative estimate of drug-likeness (QED) is 0.699. The Kier molecular flexibility index (Phi) is 4.00. The number of benzene rings is 2. The Morgan fingerprint density at radius 2 is 1.85 bits per heavy atom. The predicted molar refractivity (Wildman–Crippen MR) is 105 cm³/mol. The van der Waals surface area contributed by atoms with Gasteiger partial charge in [0.2, 0.25) is 0 Å². The van der Waals surface area contributed by atoms with E-state index < -0.39 is 0 Å². The van der Waals surface area contributed by atoms with Gasteiger partial charge in [-0.05, 0) is 67.0 Å². The SMILES string of the molecule is O=C(N1CCCc2ccccc21)N1C2C=C(c3ccc(F)cc3)CC1CC2. The van der Waals surface area contributed by atoms with Gasteiger partial charge in [0.1, 0.15) is 5.82 Å². The van der Waals surface area contributed by atoms with Crippen LogP contribution in [0.2, 0.25) is 0 Å². The molecule has 3 heterocycles. The van der Waals surface area contributed by atoms with Gasteiger partial charge in [-0.3, -0.25) is 4.90 Å². The molecule has 2 amide bonds. The number of amides is 2. The fraction of sp³-hybridized carbons (Fsp3) is 0.348. The number of hydrogen-bond donors (Lipinski definition) is 0. The number of aryl methyl sites for hydroxylation is 1. The highest BCUT2D eigenvalue weighted by Gasteiger charge is 2.42. The summed E-state index contributed by atoms with van der Waals surface area (Å²) in [6.45, 7) is 0.792. The largest absolute Gasteiger partial charge is 0.325 e. The van der Waals surface area contributed by atoms with Crippen LogP contribution in [0.15, 0.2) is 54.6 Å². The maximum Gasteiger partial charge on any atom is 0.325 e. The highest BCUT2D eigenvalue weighted by atomic mass is 19.1. The lowest BCUT2D eigenvalue weighted by molar-refractivity contribution is 0.186. The molecule has 3 nitrogen and oxygen atoms in total. The third-order valence-electron chi connectivity index (χ3n) is 6.17. The fourth-order valence-electron chi connectivity index (χ4n) is 4.88. The molecule has 0 spiro atoms. The van der Waals surface area contributed by atoms with E-state index in [0.717, 1.165) is 49.9 Å². The third kappa shape index (κ3) is 2.84. The zero-order valence-electron chi connectivity index (χ0n) is 15.3. The standard InChI is InChI=1S/C23H23FN2O/c24-19-9-7-16(8-10-19)18-14-20-11-12-21(15-18)26(20)23(27)25-13-3-5-17-4-1-2-6-22(17)25/h1-2,4,6-10,14,20-21H,3,5,11-13,15H2. The smallest absolute Gasteiger partial charge is 0.315 e. The van der Waals surface area contributed by atoms with Gasteiger partial charge >= 0.3 is 6.03 Å². The van der Waals surface area contributed by atoms with E-state index in [1.807, 2.05) is 23.1 Å². The topological polar surface area (TPSA) is 23.6 Å². The van der Waals surface area contributed by atoms with Gasteiger partial charge in [0.05, 0.1) is 6.04 Å². The maximum absolute atomic E-state index is 13.4. The van der Waals surface area contributed by atoms with Crippen molar-refractivity contribution in [2.24, 2.45) is 0 Å². The van der Waals surface area contributed by atoms with Crippen LogP contribution in [-0.2, 0) is 6.42 Å². The molecule has 5 rings (SSSR count). The highest BCUT2D eigenvalue weighted by Crippen LogP contribution is 2.40. The molecule has 0 aromatic heterocycles. The average molecular weight is 362 g/mol. The van der Waals surface area contributed by atoms with Crippen molar-refractivity contribution in [3.8, 4) is 0 Å². The molecule has 3 aliphatic rings. The number of para-hydroxylation sites is 1. The molecule has 2 aromatic carbocycles. The summed E-state index contributed by atoms with van der Waals surface area (Å²) in [5, 5.41) is 0. The number of rotatable bonds is 1. The van der Waals surface area contributed by atoms with Crippen LogP contribution in [0.1, 0.15) is 36.8 Å². The van der Waals surface area contributed by atoms with Gasteiger partial charge in [-0.25, -0.2) is 9.18 Å². The molecule has 0 radical (unpaired) electrons. The number of fused-ring (bicyclic) bond motifs is 3. The molecule has 1 fully saturated rings. The zero-order valence-corrected chi connectivity index (χ0v) is 15.3.